The first kappa shape index (κ1) is 12.1. The van der Waals surface area contributed by atoms with Crippen molar-refractivity contribution in [2.45, 2.75) is 12.5 Å². The number of aromatic nitrogens is 1. The van der Waals surface area contributed by atoms with Crippen molar-refractivity contribution in [3.05, 3.63) is 69.5 Å². The van der Waals surface area contributed by atoms with E-state index in [9.17, 15) is 0 Å². The van der Waals surface area contributed by atoms with Gasteiger partial charge in [0.1, 0.15) is 0 Å². The van der Waals surface area contributed by atoms with Crippen LogP contribution in [-0.2, 0) is 0 Å². The van der Waals surface area contributed by atoms with Gasteiger partial charge in [0.05, 0.1) is 27.8 Å². The summed E-state index contributed by atoms with van der Waals surface area (Å²) in [5, 5.41) is 0. The number of benzene rings is 1. The molecule has 0 bridgehead atoms. The van der Waals surface area contributed by atoms with E-state index < -0.39 is 0 Å². The van der Waals surface area contributed by atoms with Crippen molar-refractivity contribution in [3.63, 3.8) is 0 Å². The number of hydrogen-bond donors (Lipinski definition) is 0. The van der Waals surface area contributed by atoms with E-state index in [1.54, 1.807) is 11.3 Å². The fraction of sp³-hybridized carbons (Fsp3) is 0.211. The van der Waals surface area contributed by atoms with E-state index in [1.165, 1.54) is 44.2 Å². The molecule has 1 aromatic carbocycles. The summed E-state index contributed by atoms with van der Waals surface area (Å²) in [5.74, 6) is 0. The van der Waals surface area contributed by atoms with Gasteiger partial charge >= 0.3 is 0 Å². The molecule has 4 aliphatic rings. The molecule has 1 unspecified atom stereocenters. The molecule has 6 rings (SSSR count). The number of nitrogens with zero attached hydrogens (tertiary/aromatic N) is 3. The summed E-state index contributed by atoms with van der Waals surface area (Å²) in [6.45, 7) is 1.07. The molecule has 0 N–H and O–H groups in total. The molecule has 4 heteroatoms. The van der Waals surface area contributed by atoms with Gasteiger partial charge in [-0.05, 0) is 24.1 Å². The van der Waals surface area contributed by atoms with Crippen LogP contribution in [0.5, 0.6) is 0 Å². The third kappa shape index (κ3) is 1.30. The van der Waals surface area contributed by atoms with Crippen LogP contribution in [0.1, 0.15) is 28.6 Å². The summed E-state index contributed by atoms with van der Waals surface area (Å²) in [7, 11) is 2.18. The van der Waals surface area contributed by atoms with Crippen LogP contribution in [0.3, 0.4) is 0 Å². The standard InChI is InChI=1S/C19H15N3S/c1-21-8-6-12-11-4-2-3-5-14(11)22-9-7-13-16-19(23-10-20-16)18(21)15(12)17(13)22/h2-6,8,10,18H,7,9H2,1H3. The molecule has 112 valence electrons. The van der Waals surface area contributed by atoms with E-state index in [1.807, 2.05) is 5.51 Å². The first-order valence-corrected chi connectivity index (χ1v) is 8.91. The molecule has 3 nitrogen and oxygen atoms in total. The monoisotopic (exact) mass is 317 g/mol. The maximum Gasteiger partial charge on any atom is 0.0927 e. The Morgan fingerprint density at radius 1 is 1.26 bits per heavy atom. The number of allylic oxidation sites excluding steroid dienone is 2. The number of anilines is 1. The van der Waals surface area contributed by atoms with Crippen molar-refractivity contribution < 1.29 is 0 Å². The van der Waals surface area contributed by atoms with Crippen LogP contribution in [0.15, 0.2) is 53.3 Å². The highest BCUT2D eigenvalue weighted by molar-refractivity contribution is 7.10. The van der Waals surface area contributed by atoms with Gasteiger partial charge in [-0.25, -0.2) is 4.98 Å². The third-order valence-corrected chi connectivity index (χ3v) is 6.34. The van der Waals surface area contributed by atoms with Crippen LogP contribution >= 0.6 is 11.3 Å². The Labute approximate surface area is 138 Å². The molecule has 1 aromatic heterocycles. The van der Waals surface area contributed by atoms with Crippen molar-refractivity contribution in [1.29, 1.82) is 0 Å². The van der Waals surface area contributed by atoms with E-state index in [-0.39, 0.29) is 0 Å². The van der Waals surface area contributed by atoms with Gasteiger partial charge in [0, 0.05) is 42.2 Å². The van der Waals surface area contributed by atoms with Crippen molar-refractivity contribution in [1.82, 2.24) is 9.88 Å². The highest BCUT2D eigenvalue weighted by Crippen LogP contribution is 2.57. The zero-order chi connectivity index (χ0) is 15.1. The molecule has 4 heterocycles. The average molecular weight is 317 g/mol. The first-order valence-electron chi connectivity index (χ1n) is 8.03. The van der Waals surface area contributed by atoms with Crippen LogP contribution in [0, 0.1) is 0 Å². The lowest BCUT2D eigenvalue weighted by Gasteiger charge is -2.43. The van der Waals surface area contributed by atoms with Crippen LogP contribution < -0.4 is 4.90 Å². The van der Waals surface area contributed by atoms with Gasteiger partial charge in [-0.1, -0.05) is 18.2 Å². The zero-order valence-electron chi connectivity index (χ0n) is 12.8. The predicted molar refractivity (Wildman–Crippen MR) is 94.0 cm³/mol. The normalized spacial score (nSPS) is 23.3. The quantitative estimate of drug-likeness (QED) is 0.731. The Bertz CT molecular complexity index is 962. The van der Waals surface area contributed by atoms with E-state index >= 15 is 0 Å². The summed E-state index contributed by atoms with van der Waals surface area (Å²) in [5.41, 5.74) is 11.7. The summed E-state index contributed by atoms with van der Waals surface area (Å²) >= 11 is 1.80. The first-order chi connectivity index (χ1) is 11.3. The van der Waals surface area contributed by atoms with Gasteiger partial charge in [-0.15, -0.1) is 11.3 Å². The molecular weight excluding hydrogens is 302 g/mol. The lowest BCUT2D eigenvalue weighted by Crippen LogP contribution is -2.34. The molecule has 0 saturated carbocycles. The number of hydrogen-bond acceptors (Lipinski definition) is 4. The number of fused-ring (bicyclic) bond motifs is 6. The largest absolute Gasteiger partial charge is 0.368 e. The van der Waals surface area contributed by atoms with Crippen molar-refractivity contribution in [3.8, 4) is 0 Å². The van der Waals surface area contributed by atoms with Gasteiger partial charge in [0.2, 0.25) is 0 Å². The number of para-hydroxylation sites is 1. The Hall–Kier alpha value is -2.33. The minimum absolute atomic E-state index is 0.310. The Morgan fingerprint density at radius 2 is 2.17 bits per heavy atom. The number of rotatable bonds is 0. The second-order valence-corrected chi connectivity index (χ2v) is 7.41. The van der Waals surface area contributed by atoms with Crippen molar-refractivity contribution in [2.75, 3.05) is 18.5 Å². The number of thiazole rings is 1. The van der Waals surface area contributed by atoms with Crippen LogP contribution in [0.4, 0.5) is 5.69 Å². The van der Waals surface area contributed by atoms with Gasteiger partial charge in [-0.2, -0.15) is 0 Å². The highest BCUT2D eigenvalue weighted by Gasteiger charge is 2.45. The lowest BCUT2D eigenvalue weighted by atomic mass is 9.80. The number of likely N-dealkylation sites (N-methyl/N-ethyl adjacent to an activating group) is 1. The molecule has 0 amide bonds. The van der Waals surface area contributed by atoms with Gasteiger partial charge in [0.15, 0.2) is 0 Å². The molecular formula is C19H15N3S. The summed E-state index contributed by atoms with van der Waals surface area (Å²) < 4.78 is 0. The molecule has 23 heavy (non-hydrogen) atoms. The smallest absolute Gasteiger partial charge is 0.0927 e. The van der Waals surface area contributed by atoms with Crippen LogP contribution in [0.2, 0.25) is 0 Å². The molecule has 1 aliphatic carbocycles. The van der Waals surface area contributed by atoms with Gasteiger partial charge in [0.25, 0.3) is 0 Å². The molecule has 0 spiro atoms. The summed E-state index contributed by atoms with van der Waals surface area (Å²) in [6.07, 6.45) is 5.61. The van der Waals surface area contributed by atoms with Crippen molar-refractivity contribution >= 4 is 28.2 Å². The van der Waals surface area contributed by atoms with E-state index in [4.69, 9.17) is 4.98 Å². The lowest BCUT2D eigenvalue weighted by molar-refractivity contribution is 0.379. The minimum atomic E-state index is 0.310. The van der Waals surface area contributed by atoms with Crippen LogP contribution in [-0.4, -0.2) is 23.5 Å². The van der Waals surface area contributed by atoms with Crippen LogP contribution in [0.25, 0.3) is 11.1 Å². The predicted octanol–water partition coefficient (Wildman–Crippen LogP) is 4.05. The maximum absolute atomic E-state index is 4.73. The van der Waals surface area contributed by atoms with E-state index in [0.29, 0.717) is 6.04 Å². The van der Waals surface area contributed by atoms with Gasteiger partial charge in [-0.3, -0.25) is 0 Å². The topological polar surface area (TPSA) is 19.4 Å². The molecule has 0 saturated heterocycles. The second kappa shape index (κ2) is 3.95. The Balaban J connectivity index is 1.78. The molecule has 3 aliphatic heterocycles. The highest BCUT2D eigenvalue weighted by atomic mass is 32.1. The molecule has 2 aromatic rings. The minimum Gasteiger partial charge on any atom is -0.368 e. The molecule has 0 radical (unpaired) electrons. The molecule has 1 atom stereocenters. The summed E-state index contributed by atoms with van der Waals surface area (Å²) in [4.78, 5) is 11.0. The second-order valence-electron chi connectivity index (χ2n) is 6.52. The average Bonchev–Trinajstić information content (AvgIpc) is 3.22. The Kier molecular flexibility index (Phi) is 2.08. The maximum atomic E-state index is 4.73. The van der Waals surface area contributed by atoms with E-state index in [0.717, 1.165) is 13.0 Å². The summed E-state index contributed by atoms with van der Waals surface area (Å²) in [6, 6.07) is 9.13. The SMILES string of the molecule is CN1C=CC2=C3C4=C(CCN4c4ccccc42)c2ncsc2C31. The molecule has 0 fully saturated rings. The zero-order valence-corrected chi connectivity index (χ0v) is 13.6. The fourth-order valence-corrected chi connectivity index (χ4v) is 5.51. The van der Waals surface area contributed by atoms with E-state index in [2.05, 4.69) is 53.4 Å². The van der Waals surface area contributed by atoms with Gasteiger partial charge < -0.3 is 9.80 Å². The van der Waals surface area contributed by atoms with Crippen molar-refractivity contribution in [2.24, 2.45) is 0 Å². The Morgan fingerprint density at radius 3 is 3.13 bits per heavy atom. The third-order valence-electron chi connectivity index (χ3n) is 5.46. The fourth-order valence-electron chi connectivity index (χ4n) is 4.54.